The summed E-state index contributed by atoms with van der Waals surface area (Å²) in [6, 6.07) is 10.5. The van der Waals surface area contributed by atoms with Crippen LogP contribution in [0.2, 0.25) is 0 Å². The number of ether oxygens (including phenoxy) is 2. The second kappa shape index (κ2) is 5.83. The second-order valence-electron chi connectivity index (χ2n) is 4.11. The number of methoxy groups -OCH3 is 1. The molecule has 0 unspecified atom stereocenters. The number of hydrogen-bond donors (Lipinski definition) is 0. The van der Waals surface area contributed by atoms with Crippen LogP contribution in [0, 0.1) is 0 Å². The summed E-state index contributed by atoms with van der Waals surface area (Å²) in [6.45, 7) is 0.641. The molecule has 1 aliphatic rings. The summed E-state index contributed by atoms with van der Waals surface area (Å²) in [4.78, 5) is 0. The van der Waals surface area contributed by atoms with Crippen LogP contribution in [0.3, 0.4) is 0 Å². The largest absolute Gasteiger partial charge is 0.382 e. The molecule has 0 aliphatic carbocycles. The van der Waals surface area contributed by atoms with Crippen molar-refractivity contribution in [1.29, 1.82) is 0 Å². The molecule has 0 N–H and O–H groups in total. The van der Waals surface area contributed by atoms with Gasteiger partial charge in [-0.15, -0.1) is 0 Å². The van der Waals surface area contributed by atoms with E-state index in [1.807, 2.05) is 6.07 Å². The van der Waals surface area contributed by atoms with E-state index >= 15 is 0 Å². The van der Waals surface area contributed by atoms with Gasteiger partial charge in [0, 0.05) is 7.11 Å². The molecule has 0 aromatic heterocycles. The summed E-state index contributed by atoms with van der Waals surface area (Å²) in [5.41, 5.74) is 1.33. The third-order valence-corrected chi connectivity index (χ3v) is 2.75. The summed E-state index contributed by atoms with van der Waals surface area (Å²) in [6.07, 6.45) is 6.66. The third kappa shape index (κ3) is 3.19. The van der Waals surface area contributed by atoms with E-state index < -0.39 is 0 Å². The average Bonchev–Trinajstić information content (AvgIpc) is 2.31. The van der Waals surface area contributed by atoms with E-state index in [1.54, 1.807) is 7.11 Å². The average molecular weight is 218 g/mol. The summed E-state index contributed by atoms with van der Waals surface area (Å²) >= 11 is 0. The highest BCUT2D eigenvalue weighted by Gasteiger charge is 2.18. The fourth-order valence-electron chi connectivity index (χ4n) is 2.00. The molecule has 2 heteroatoms. The van der Waals surface area contributed by atoms with Crippen LogP contribution in [0.1, 0.15) is 12.0 Å². The van der Waals surface area contributed by atoms with Gasteiger partial charge in [0.2, 0.25) is 0 Å². The van der Waals surface area contributed by atoms with Crippen LogP contribution in [0.15, 0.2) is 42.5 Å². The first-order valence-electron chi connectivity index (χ1n) is 5.73. The van der Waals surface area contributed by atoms with Crippen molar-refractivity contribution in [2.75, 3.05) is 13.7 Å². The molecule has 2 nitrogen and oxygen atoms in total. The minimum atomic E-state index is 0.118. The summed E-state index contributed by atoms with van der Waals surface area (Å²) < 4.78 is 11.0. The van der Waals surface area contributed by atoms with Gasteiger partial charge in [-0.2, -0.15) is 0 Å². The Morgan fingerprint density at radius 3 is 2.88 bits per heavy atom. The van der Waals surface area contributed by atoms with Gasteiger partial charge in [0.05, 0.1) is 18.8 Å². The van der Waals surface area contributed by atoms with Crippen molar-refractivity contribution < 1.29 is 9.47 Å². The van der Waals surface area contributed by atoms with Crippen LogP contribution in [-0.4, -0.2) is 25.9 Å². The van der Waals surface area contributed by atoms with E-state index in [4.69, 9.17) is 9.47 Å². The molecule has 0 spiro atoms. The van der Waals surface area contributed by atoms with Gasteiger partial charge in [-0.3, -0.25) is 0 Å². The highest BCUT2D eigenvalue weighted by atomic mass is 16.5. The zero-order valence-corrected chi connectivity index (χ0v) is 9.63. The van der Waals surface area contributed by atoms with Crippen molar-refractivity contribution in [1.82, 2.24) is 0 Å². The van der Waals surface area contributed by atoms with E-state index in [0.29, 0.717) is 6.61 Å². The molecule has 1 aromatic rings. The Morgan fingerprint density at radius 1 is 1.31 bits per heavy atom. The highest BCUT2D eigenvalue weighted by Crippen LogP contribution is 2.16. The fraction of sp³-hybridized carbons (Fsp3) is 0.429. The lowest BCUT2D eigenvalue weighted by molar-refractivity contribution is -0.0293. The summed E-state index contributed by atoms with van der Waals surface area (Å²) in [5, 5.41) is 0. The van der Waals surface area contributed by atoms with E-state index in [2.05, 4.69) is 36.4 Å². The first-order valence-corrected chi connectivity index (χ1v) is 5.73. The van der Waals surface area contributed by atoms with Gasteiger partial charge in [0.15, 0.2) is 0 Å². The van der Waals surface area contributed by atoms with E-state index in [9.17, 15) is 0 Å². The SMILES string of the molecule is COC[C@H]1C=CC[C@@H](Cc2ccccc2)O1. The van der Waals surface area contributed by atoms with Crippen LogP contribution < -0.4 is 0 Å². The van der Waals surface area contributed by atoms with E-state index in [1.165, 1.54) is 5.56 Å². The van der Waals surface area contributed by atoms with Gasteiger partial charge in [0.25, 0.3) is 0 Å². The number of hydrogen-bond acceptors (Lipinski definition) is 2. The van der Waals surface area contributed by atoms with Gasteiger partial charge in [-0.1, -0.05) is 42.5 Å². The molecule has 1 aromatic carbocycles. The summed E-state index contributed by atoms with van der Waals surface area (Å²) in [7, 11) is 1.71. The molecule has 2 atom stereocenters. The van der Waals surface area contributed by atoms with E-state index in [0.717, 1.165) is 12.8 Å². The predicted molar refractivity (Wildman–Crippen MR) is 64.4 cm³/mol. The van der Waals surface area contributed by atoms with Crippen LogP contribution in [0.5, 0.6) is 0 Å². The smallest absolute Gasteiger partial charge is 0.0993 e. The molecule has 0 bridgehead atoms. The van der Waals surface area contributed by atoms with E-state index in [-0.39, 0.29) is 12.2 Å². The first-order chi connectivity index (χ1) is 7.88. The maximum Gasteiger partial charge on any atom is 0.0993 e. The fourth-order valence-corrected chi connectivity index (χ4v) is 2.00. The molecule has 86 valence electrons. The Balaban J connectivity index is 1.90. The van der Waals surface area contributed by atoms with Gasteiger partial charge in [-0.05, 0) is 18.4 Å². The normalized spacial score (nSPS) is 24.6. The van der Waals surface area contributed by atoms with Gasteiger partial charge < -0.3 is 9.47 Å². The van der Waals surface area contributed by atoms with Gasteiger partial charge in [-0.25, -0.2) is 0 Å². The molecule has 0 amide bonds. The Kier molecular flexibility index (Phi) is 4.14. The maximum absolute atomic E-state index is 5.92. The van der Waals surface area contributed by atoms with Gasteiger partial charge >= 0.3 is 0 Å². The van der Waals surface area contributed by atoms with Crippen molar-refractivity contribution >= 4 is 0 Å². The van der Waals surface area contributed by atoms with Crippen LogP contribution in [-0.2, 0) is 15.9 Å². The Bertz CT molecular complexity index is 332. The number of rotatable bonds is 4. The molecule has 1 aliphatic heterocycles. The summed E-state index contributed by atoms with van der Waals surface area (Å²) in [5.74, 6) is 0. The molecule has 1 heterocycles. The lowest BCUT2D eigenvalue weighted by Crippen LogP contribution is -2.28. The minimum absolute atomic E-state index is 0.118. The minimum Gasteiger partial charge on any atom is -0.382 e. The van der Waals surface area contributed by atoms with Crippen LogP contribution in [0.25, 0.3) is 0 Å². The topological polar surface area (TPSA) is 18.5 Å². The lowest BCUT2D eigenvalue weighted by Gasteiger charge is -2.25. The molecule has 0 saturated heterocycles. The molecular weight excluding hydrogens is 200 g/mol. The molecule has 0 fully saturated rings. The van der Waals surface area contributed by atoms with Crippen LogP contribution >= 0.6 is 0 Å². The lowest BCUT2D eigenvalue weighted by atomic mass is 10.0. The zero-order chi connectivity index (χ0) is 11.2. The second-order valence-corrected chi connectivity index (χ2v) is 4.11. The molecule has 16 heavy (non-hydrogen) atoms. The predicted octanol–water partition coefficient (Wildman–Crippen LogP) is 2.59. The third-order valence-electron chi connectivity index (χ3n) is 2.75. The van der Waals surface area contributed by atoms with Crippen molar-refractivity contribution in [2.45, 2.75) is 25.0 Å². The Morgan fingerprint density at radius 2 is 2.12 bits per heavy atom. The Hall–Kier alpha value is -1.12. The highest BCUT2D eigenvalue weighted by molar-refractivity contribution is 5.16. The maximum atomic E-state index is 5.92. The Labute approximate surface area is 96.9 Å². The van der Waals surface area contributed by atoms with Crippen LogP contribution in [0.4, 0.5) is 0 Å². The molecule has 0 radical (unpaired) electrons. The van der Waals surface area contributed by atoms with Crippen molar-refractivity contribution in [3.05, 3.63) is 48.0 Å². The standard InChI is InChI=1S/C14H18O2/c1-15-11-14-9-5-8-13(16-14)10-12-6-3-2-4-7-12/h2-7,9,13-14H,8,10-11H2,1H3/t13-,14+/m0/s1. The molecule has 0 saturated carbocycles. The van der Waals surface area contributed by atoms with Crippen molar-refractivity contribution in [3.63, 3.8) is 0 Å². The van der Waals surface area contributed by atoms with Gasteiger partial charge in [0.1, 0.15) is 0 Å². The molecule has 2 rings (SSSR count). The monoisotopic (exact) mass is 218 g/mol. The van der Waals surface area contributed by atoms with Crippen molar-refractivity contribution in [2.24, 2.45) is 0 Å². The molecular formula is C14H18O2. The quantitative estimate of drug-likeness (QED) is 0.723. The zero-order valence-electron chi connectivity index (χ0n) is 9.63. The number of benzene rings is 1. The first kappa shape index (κ1) is 11.4. The van der Waals surface area contributed by atoms with Crippen molar-refractivity contribution in [3.8, 4) is 0 Å².